The summed E-state index contributed by atoms with van der Waals surface area (Å²) in [7, 11) is 0. The third-order valence-corrected chi connectivity index (χ3v) is 3.94. The molecule has 3 nitrogen and oxygen atoms in total. The molecule has 0 spiro atoms. The van der Waals surface area contributed by atoms with Crippen LogP contribution >= 0.6 is 11.6 Å². The van der Waals surface area contributed by atoms with E-state index in [1.54, 1.807) is 24.3 Å². The number of anilines is 1. The Balaban J connectivity index is 1.79. The van der Waals surface area contributed by atoms with E-state index in [1.165, 1.54) is 5.56 Å². The van der Waals surface area contributed by atoms with E-state index < -0.39 is 0 Å². The molecule has 3 aromatic rings. The van der Waals surface area contributed by atoms with Gasteiger partial charge in [-0.3, -0.25) is 4.79 Å². The largest absolute Gasteiger partial charge is 0.451 e. The van der Waals surface area contributed by atoms with Crippen LogP contribution in [0.5, 0.6) is 0 Å². The van der Waals surface area contributed by atoms with Crippen molar-refractivity contribution in [3.05, 3.63) is 76.5 Å². The van der Waals surface area contributed by atoms with Crippen molar-refractivity contribution in [2.24, 2.45) is 0 Å². The number of aryl methyl sites for hydroxylation is 2. The maximum absolute atomic E-state index is 12.3. The summed E-state index contributed by atoms with van der Waals surface area (Å²) in [6.45, 7) is 4.04. The van der Waals surface area contributed by atoms with Gasteiger partial charge < -0.3 is 9.73 Å². The molecule has 0 radical (unpaired) electrons. The first-order valence-electron chi connectivity index (χ1n) is 7.27. The van der Waals surface area contributed by atoms with Crippen LogP contribution in [0.2, 0.25) is 5.02 Å². The van der Waals surface area contributed by atoms with Crippen LogP contribution in [0.15, 0.2) is 59.0 Å². The minimum absolute atomic E-state index is 0.262. The standard InChI is InChI=1S/C19H16ClNO2/c1-12-6-7-16(10-13(12)2)21-19(22)18-9-8-17(23-18)14-4-3-5-15(20)11-14/h3-11H,1-2H3,(H,21,22). The number of hydrogen-bond donors (Lipinski definition) is 1. The maximum Gasteiger partial charge on any atom is 0.291 e. The summed E-state index contributed by atoms with van der Waals surface area (Å²) >= 11 is 5.98. The molecule has 116 valence electrons. The molecule has 2 aromatic carbocycles. The normalized spacial score (nSPS) is 10.6. The van der Waals surface area contributed by atoms with Gasteiger partial charge in [0.1, 0.15) is 5.76 Å². The number of hydrogen-bond acceptors (Lipinski definition) is 2. The van der Waals surface area contributed by atoms with Crippen molar-refractivity contribution < 1.29 is 9.21 Å². The first-order chi connectivity index (χ1) is 11.0. The number of furan rings is 1. The molecule has 23 heavy (non-hydrogen) atoms. The van der Waals surface area contributed by atoms with Crippen LogP contribution < -0.4 is 5.32 Å². The van der Waals surface area contributed by atoms with Gasteiger partial charge in [-0.1, -0.05) is 29.8 Å². The second-order valence-corrected chi connectivity index (χ2v) is 5.86. The first kappa shape index (κ1) is 15.4. The number of benzene rings is 2. The maximum atomic E-state index is 12.3. The van der Waals surface area contributed by atoms with Crippen LogP contribution in [-0.2, 0) is 0 Å². The zero-order valence-electron chi connectivity index (χ0n) is 12.9. The van der Waals surface area contributed by atoms with E-state index in [4.69, 9.17) is 16.0 Å². The Morgan fingerprint density at radius 2 is 1.83 bits per heavy atom. The number of halogens is 1. The molecule has 1 aromatic heterocycles. The molecule has 0 saturated carbocycles. The van der Waals surface area contributed by atoms with Crippen LogP contribution in [0.1, 0.15) is 21.7 Å². The highest BCUT2D eigenvalue weighted by atomic mass is 35.5. The van der Waals surface area contributed by atoms with Crippen molar-refractivity contribution in [2.45, 2.75) is 13.8 Å². The smallest absolute Gasteiger partial charge is 0.291 e. The second-order valence-electron chi connectivity index (χ2n) is 5.43. The summed E-state index contributed by atoms with van der Waals surface area (Å²) < 4.78 is 5.64. The average molecular weight is 326 g/mol. The highest BCUT2D eigenvalue weighted by molar-refractivity contribution is 6.30. The summed E-state index contributed by atoms with van der Waals surface area (Å²) in [4.78, 5) is 12.3. The summed E-state index contributed by atoms with van der Waals surface area (Å²) in [5.74, 6) is 0.595. The van der Waals surface area contributed by atoms with Gasteiger partial charge in [0.15, 0.2) is 5.76 Å². The second kappa shape index (κ2) is 6.31. The Morgan fingerprint density at radius 3 is 2.57 bits per heavy atom. The molecule has 3 rings (SSSR count). The van der Waals surface area contributed by atoms with Gasteiger partial charge in [-0.05, 0) is 61.4 Å². The minimum atomic E-state index is -0.276. The fourth-order valence-corrected chi connectivity index (χ4v) is 2.46. The number of rotatable bonds is 3. The molecular formula is C19H16ClNO2. The zero-order chi connectivity index (χ0) is 16.4. The van der Waals surface area contributed by atoms with E-state index in [0.29, 0.717) is 10.8 Å². The van der Waals surface area contributed by atoms with Gasteiger partial charge in [0.25, 0.3) is 5.91 Å². The van der Waals surface area contributed by atoms with Crippen LogP contribution in [0.25, 0.3) is 11.3 Å². The summed E-state index contributed by atoms with van der Waals surface area (Å²) in [6, 6.07) is 16.5. The molecule has 0 unspecified atom stereocenters. The molecule has 4 heteroatoms. The van der Waals surface area contributed by atoms with Gasteiger partial charge in [0, 0.05) is 16.3 Å². The topological polar surface area (TPSA) is 42.2 Å². The Labute approximate surface area is 139 Å². The molecule has 0 bridgehead atoms. The van der Waals surface area contributed by atoms with E-state index in [1.807, 2.05) is 44.2 Å². The Morgan fingerprint density at radius 1 is 1.00 bits per heavy atom. The van der Waals surface area contributed by atoms with Crippen LogP contribution in [0.3, 0.4) is 0 Å². The van der Waals surface area contributed by atoms with Crippen molar-refractivity contribution >= 4 is 23.2 Å². The van der Waals surface area contributed by atoms with Gasteiger partial charge >= 0.3 is 0 Å². The summed E-state index contributed by atoms with van der Waals surface area (Å²) in [5.41, 5.74) is 3.90. The molecule has 1 heterocycles. The summed E-state index contributed by atoms with van der Waals surface area (Å²) in [6.07, 6.45) is 0. The highest BCUT2D eigenvalue weighted by Crippen LogP contribution is 2.25. The predicted octanol–water partition coefficient (Wildman–Crippen LogP) is 5.47. The van der Waals surface area contributed by atoms with Crippen molar-refractivity contribution in [1.29, 1.82) is 0 Å². The first-order valence-corrected chi connectivity index (χ1v) is 7.65. The number of amides is 1. The molecule has 0 fully saturated rings. The predicted molar refractivity (Wildman–Crippen MR) is 93.0 cm³/mol. The molecule has 1 N–H and O–H groups in total. The van der Waals surface area contributed by atoms with Crippen molar-refractivity contribution in [3.63, 3.8) is 0 Å². The summed E-state index contributed by atoms with van der Waals surface area (Å²) in [5, 5.41) is 3.47. The van der Waals surface area contributed by atoms with Crippen LogP contribution in [0, 0.1) is 13.8 Å². The van der Waals surface area contributed by atoms with Crippen LogP contribution in [0.4, 0.5) is 5.69 Å². The lowest BCUT2D eigenvalue weighted by Crippen LogP contribution is -2.10. The van der Waals surface area contributed by atoms with E-state index >= 15 is 0 Å². The molecule has 0 saturated heterocycles. The lowest BCUT2D eigenvalue weighted by molar-refractivity contribution is 0.0997. The van der Waals surface area contributed by atoms with Crippen molar-refractivity contribution in [1.82, 2.24) is 0 Å². The molecule has 0 aliphatic heterocycles. The van der Waals surface area contributed by atoms with Crippen LogP contribution in [-0.4, -0.2) is 5.91 Å². The van der Waals surface area contributed by atoms with Crippen molar-refractivity contribution in [2.75, 3.05) is 5.32 Å². The van der Waals surface area contributed by atoms with E-state index in [9.17, 15) is 4.79 Å². The third-order valence-electron chi connectivity index (χ3n) is 3.70. The Hall–Kier alpha value is -2.52. The Kier molecular flexibility index (Phi) is 4.22. The molecular weight excluding hydrogens is 310 g/mol. The molecule has 1 amide bonds. The van der Waals surface area contributed by atoms with Gasteiger partial charge in [-0.25, -0.2) is 0 Å². The van der Waals surface area contributed by atoms with Gasteiger partial charge in [0.05, 0.1) is 0 Å². The van der Waals surface area contributed by atoms with E-state index in [-0.39, 0.29) is 11.7 Å². The third kappa shape index (κ3) is 3.46. The fraction of sp³-hybridized carbons (Fsp3) is 0.105. The fourth-order valence-electron chi connectivity index (χ4n) is 2.27. The lowest BCUT2D eigenvalue weighted by atomic mass is 10.1. The van der Waals surface area contributed by atoms with Gasteiger partial charge in [-0.15, -0.1) is 0 Å². The lowest BCUT2D eigenvalue weighted by Gasteiger charge is -2.06. The van der Waals surface area contributed by atoms with Gasteiger partial charge in [-0.2, -0.15) is 0 Å². The van der Waals surface area contributed by atoms with E-state index in [2.05, 4.69) is 5.32 Å². The minimum Gasteiger partial charge on any atom is -0.451 e. The quantitative estimate of drug-likeness (QED) is 0.693. The Bertz CT molecular complexity index is 867. The molecule has 0 atom stereocenters. The molecule has 0 aliphatic rings. The van der Waals surface area contributed by atoms with Gasteiger partial charge in [0.2, 0.25) is 0 Å². The monoisotopic (exact) mass is 325 g/mol. The number of carbonyl (C=O) groups is 1. The SMILES string of the molecule is Cc1ccc(NC(=O)c2ccc(-c3cccc(Cl)c3)o2)cc1C. The van der Waals surface area contributed by atoms with Crippen molar-refractivity contribution in [3.8, 4) is 11.3 Å². The number of nitrogens with one attached hydrogen (secondary N) is 1. The zero-order valence-corrected chi connectivity index (χ0v) is 13.6. The van der Waals surface area contributed by atoms with E-state index in [0.717, 1.165) is 16.8 Å². The molecule has 0 aliphatic carbocycles. The average Bonchev–Trinajstić information content (AvgIpc) is 3.01. The highest BCUT2D eigenvalue weighted by Gasteiger charge is 2.13. The number of carbonyl (C=O) groups excluding carboxylic acids is 1.